The molecule has 3 rings (SSSR count). The first kappa shape index (κ1) is 16.6. The standard InChI is InChI=1S/C16H25N3O3S/c1-13-17-14(11-16(18-13)19-7-9-22-10-8-19)12-23(20,21)15-5-3-2-4-6-15/h11,15H,2-10,12H2,1H3. The predicted octanol–water partition coefficient (Wildman–Crippen LogP) is 1.87. The highest BCUT2D eigenvalue weighted by Gasteiger charge is 2.28. The highest BCUT2D eigenvalue weighted by atomic mass is 32.2. The fraction of sp³-hybridized carbons (Fsp3) is 0.750. The Morgan fingerprint density at radius 3 is 2.57 bits per heavy atom. The molecule has 0 spiro atoms. The Bertz CT molecular complexity index is 636. The molecule has 1 saturated heterocycles. The van der Waals surface area contributed by atoms with Gasteiger partial charge in [0.05, 0.1) is 29.9 Å². The van der Waals surface area contributed by atoms with Crippen LogP contribution in [-0.4, -0.2) is 49.9 Å². The zero-order valence-electron chi connectivity index (χ0n) is 13.7. The van der Waals surface area contributed by atoms with Gasteiger partial charge in [0, 0.05) is 19.2 Å². The van der Waals surface area contributed by atoms with Crippen molar-refractivity contribution in [2.24, 2.45) is 0 Å². The number of aromatic nitrogens is 2. The van der Waals surface area contributed by atoms with E-state index in [9.17, 15) is 8.42 Å². The molecule has 0 atom stereocenters. The van der Waals surface area contributed by atoms with Crippen molar-refractivity contribution < 1.29 is 13.2 Å². The van der Waals surface area contributed by atoms with Gasteiger partial charge >= 0.3 is 0 Å². The second-order valence-electron chi connectivity index (χ2n) is 6.43. The molecule has 0 amide bonds. The van der Waals surface area contributed by atoms with E-state index in [1.54, 1.807) is 0 Å². The van der Waals surface area contributed by atoms with Crippen molar-refractivity contribution in [1.82, 2.24) is 9.97 Å². The lowest BCUT2D eigenvalue weighted by atomic mass is 10.0. The second-order valence-corrected chi connectivity index (χ2v) is 8.71. The van der Waals surface area contributed by atoms with Gasteiger partial charge in [-0.05, 0) is 19.8 Å². The molecule has 6 nitrogen and oxygen atoms in total. The summed E-state index contributed by atoms with van der Waals surface area (Å²) in [4.78, 5) is 11.0. The Kier molecular flexibility index (Phi) is 5.16. The van der Waals surface area contributed by atoms with Crippen LogP contribution in [0.1, 0.15) is 43.6 Å². The summed E-state index contributed by atoms with van der Waals surface area (Å²) in [5.74, 6) is 1.47. The van der Waals surface area contributed by atoms with Gasteiger partial charge in [0.2, 0.25) is 0 Å². The molecular formula is C16H25N3O3S. The SMILES string of the molecule is Cc1nc(CS(=O)(=O)C2CCCCC2)cc(N2CCOCC2)n1. The molecule has 0 unspecified atom stereocenters. The number of ether oxygens (including phenoxy) is 1. The van der Waals surface area contributed by atoms with E-state index in [-0.39, 0.29) is 11.0 Å². The van der Waals surface area contributed by atoms with Gasteiger partial charge in [0.1, 0.15) is 11.6 Å². The average Bonchev–Trinajstić information content (AvgIpc) is 2.55. The number of hydrogen-bond acceptors (Lipinski definition) is 6. The molecule has 2 fully saturated rings. The number of rotatable bonds is 4. The van der Waals surface area contributed by atoms with E-state index in [0.29, 0.717) is 24.7 Å². The first-order valence-electron chi connectivity index (χ1n) is 8.43. The monoisotopic (exact) mass is 339 g/mol. The maximum atomic E-state index is 12.7. The highest BCUT2D eigenvalue weighted by molar-refractivity contribution is 7.91. The molecule has 1 aliphatic carbocycles. The molecule has 23 heavy (non-hydrogen) atoms. The Morgan fingerprint density at radius 2 is 1.87 bits per heavy atom. The minimum absolute atomic E-state index is 0.0262. The zero-order chi connectivity index (χ0) is 16.3. The molecule has 128 valence electrons. The molecule has 1 aliphatic heterocycles. The van der Waals surface area contributed by atoms with Crippen molar-refractivity contribution in [3.63, 3.8) is 0 Å². The smallest absolute Gasteiger partial charge is 0.158 e. The maximum Gasteiger partial charge on any atom is 0.158 e. The molecule has 1 aromatic rings. The van der Waals surface area contributed by atoms with E-state index in [0.717, 1.165) is 51.0 Å². The third kappa shape index (κ3) is 4.20. The largest absolute Gasteiger partial charge is 0.378 e. The summed E-state index contributed by atoms with van der Waals surface area (Å²) in [6.07, 6.45) is 4.78. The van der Waals surface area contributed by atoms with Gasteiger partial charge < -0.3 is 9.64 Å². The van der Waals surface area contributed by atoms with Crippen LogP contribution in [0, 0.1) is 6.92 Å². The first-order valence-corrected chi connectivity index (χ1v) is 10.1. The normalized spacial score (nSPS) is 20.7. The fourth-order valence-corrected chi connectivity index (χ4v) is 5.24. The Morgan fingerprint density at radius 1 is 1.17 bits per heavy atom. The van der Waals surface area contributed by atoms with E-state index < -0.39 is 9.84 Å². The van der Waals surface area contributed by atoms with Gasteiger partial charge in [0.25, 0.3) is 0 Å². The van der Waals surface area contributed by atoms with Crippen molar-refractivity contribution in [3.05, 3.63) is 17.6 Å². The summed E-state index contributed by atoms with van der Waals surface area (Å²) < 4.78 is 30.7. The molecule has 0 N–H and O–H groups in total. The second kappa shape index (κ2) is 7.13. The Hall–Kier alpha value is -1.21. The summed E-state index contributed by atoms with van der Waals surface area (Å²) in [7, 11) is -3.13. The van der Waals surface area contributed by atoms with Gasteiger partial charge in [-0.25, -0.2) is 18.4 Å². The van der Waals surface area contributed by atoms with Gasteiger partial charge in [-0.1, -0.05) is 19.3 Å². The Balaban J connectivity index is 1.77. The lowest BCUT2D eigenvalue weighted by Crippen LogP contribution is -2.37. The highest BCUT2D eigenvalue weighted by Crippen LogP contribution is 2.26. The minimum atomic E-state index is -3.13. The van der Waals surface area contributed by atoms with Crippen LogP contribution in [0.5, 0.6) is 0 Å². The number of aryl methyl sites for hydroxylation is 1. The van der Waals surface area contributed by atoms with Gasteiger partial charge in [-0.2, -0.15) is 0 Å². The molecule has 0 bridgehead atoms. The molecule has 0 radical (unpaired) electrons. The number of sulfone groups is 1. The number of morpholine rings is 1. The quantitative estimate of drug-likeness (QED) is 0.834. The van der Waals surface area contributed by atoms with E-state index in [4.69, 9.17) is 4.74 Å². The Labute approximate surface area is 138 Å². The summed E-state index contributed by atoms with van der Waals surface area (Å²) in [5, 5.41) is -0.196. The van der Waals surface area contributed by atoms with E-state index in [2.05, 4.69) is 14.9 Å². The van der Waals surface area contributed by atoms with Crippen LogP contribution >= 0.6 is 0 Å². The van der Waals surface area contributed by atoms with Gasteiger partial charge in [0.15, 0.2) is 9.84 Å². The molecular weight excluding hydrogens is 314 g/mol. The fourth-order valence-electron chi connectivity index (χ4n) is 3.39. The molecule has 1 aromatic heterocycles. The lowest BCUT2D eigenvalue weighted by molar-refractivity contribution is 0.122. The third-order valence-electron chi connectivity index (χ3n) is 4.62. The van der Waals surface area contributed by atoms with E-state index in [1.807, 2.05) is 13.0 Å². The van der Waals surface area contributed by atoms with E-state index in [1.165, 1.54) is 0 Å². The average molecular weight is 339 g/mol. The van der Waals surface area contributed by atoms with Crippen LogP contribution in [0.4, 0.5) is 5.82 Å². The summed E-state index contributed by atoms with van der Waals surface area (Å²) in [5.41, 5.74) is 0.615. The van der Waals surface area contributed by atoms with Gasteiger partial charge in [-0.15, -0.1) is 0 Å². The predicted molar refractivity (Wildman–Crippen MR) is 89.3 cm³/mol. The number of anilines is 1. The van der Waals surface area contributed by atoms with Crippen LogP contribution in [0.3, 0.4) is 0 Å². The number of hydrogen-bond donors (Lipinski definition) is 0. The van der Waals surface area contributed by atoms with Crippen molar-refractivity contribution in [2.75, 3.05) is 31.2 Å². The van der Waals surface area contributed by atoms with Gasteiger partial charge in [-0.3, -0.25) is 0 Å². The molecule has 2 heterocycles. The van der Waals surface area contributed by atoms with Crippen molar-refractivity contribution in [1.29, 1.82) is 0 Å². The van der Waals surface area contributed by atoms with Crippen molar-refractivity contribution in [3.8, 4) is 0 Å². The van der Waals surface area contributed by atoms with Crippen LogP contribution in [0.2, 0.25) is 0 Å². The molecule has 2 aliphatic rings. The summed E-state index contributed by atoms with van der Waals surface area (Å²) in [6.45, 7) is 4.74. The third-order valence-corrected chi connectivity index (χ3v) is 6.81. The summed E-state index contributed by atoms with van der Waals surface area (Å²) in [6, 6.07) is 1.83. The molecule has 7 heteroatoms. The van der Waals surface area contributed by atoms with Crippen molar-refractivity contribution in [2.45, 2.75) is 50.0 Å². The molecule has 0 aromatic carbocycles. The molecule has 1 saturated carbocycles. The summed E-state index contributed by atoms with van der Waals surface area (Å²) >= 11 is 0. The van der Waals surface area contributed by atoms with Crippen LogP contribution in [-0.2, 0) is 20.3 Å². The zero-order valence-corrected chi connectivity index (χ0v) is 14.5. The maximum absolute atomic E-state index is 12.7. The van der Waals surface area contributed by atoms with Crippen LogP contribution in [0.25, 0.3) is 0 Å². The van der Waals surface area contributed by atoms with Crippen LogP contribution in [0.15, 0.2) is 6.07 Å². The topological polar surface area (TPSA) is 72.4 Å². The first-order chi connectivity index (χ1) is 11.0. The number of nitrogens with zero attached hydrogens (tertiary/aromatic N) is 3. The minimum Gasteiger partial charge on any atom is -0.378 e. The van der Waals surface area contributed by atoms with Crippen molar-refractivity contribution >= 4 is 15.7 Å². The lowest BCUT2D eigenvalue weighted by Gasteiger charge is -2.28. The van der Waals surface area contributed by atoms with Crippen LogP contribution < -0.4 is 4.90 Å². The van der Waals surface area contributed by atoms with E-state index >= 15 is 0 Å².